The molecule has 2 heteroatoms. The lowest BCUT2D eigenvalue weighted by molar-refractivity contribution is 0.257. The average Bonchev–Trinajstić information content (AvgIpc) is 3.11. The highest BCUT2D eigenvalue weighted by Gasteiger charge is 2.23. The molecule has 0 spiro atoms. The predicted octanol–water partition coefficient (Wildman–Crippen LogP) is 3.67. The fraction of sp³-hybridized carbons (Fsp3) is 1.00. The van der Waals surface area contributed by atoms with Gasteiger partial charge in [0.2, 0.25) is 0 Å². The molecule has 0 aromatic heterocycles. The Morgan fingerprint density at radius 3 is 2.39 bits per heavy atom. The van der Waals surface area contributed by atoms with Gasteiger partial charge in [0.05, 0.1) is 0 Å². The number of nitrogens with zero attached hydrogens (tertiary/aromatic N) is 1. The standard InChI is InChI=1S/C16H34N2/c1-4-12-18(14-16-9-10-16)13-8-6-5-7-11-17-15(2)3/h15-17H,4-14H2,1-3H3. The molecule has 0 radical (unpaired) electrons. The fourth-order valence-corrected chi connectivity index (χ4v) is 2.48. The molecular formula is C16H34N2. The van der Waals surface area contributed by atoms with Crippen LogP contribution in [0.5, 0.6) is 0 Å². The van der Waals surface area contributed by atoms with E-state index in [4.69, 9.17) is 0 Å². The summed E-state index contributed by atoms with van der Waals surface area (Å²) < 4.78 is 0. The molecule has 18 heavy (non-hydrogen) atoms. The molecule has 0 amide bonds. The SMILES string of the molecule is CCCN(CCCCCCNC(C)C)CC1CC1. The van der Waals surface area contributed by atoms with Gasteiger partial charge in [0.15, 0.2) is 0 Å². The summed E-state index contributed by atoms with van der Waals surface area (Å²) in [5, 5.41) is 3.49. The van der Waals surface area contributed by atoms with Gasteiger partial charge < -0.3 is 10.2 Å². The first-order valence-electron chi connectivity index (χ1n) is 8.18. The van der Waals surface area contributed by atoms with Crippen LogP contribution in [0.1, 0.15) is 65.7 Å². The molecule has 2 nitrogen and oxygen atoms in total. The van der Waals surface area contributed by atoms with E-state index in [0.29, 0.717) is 6.04 Å². The van der Waals surface area contributed by atoms with Crippen molar-refractivity contribution in [1.82, 2.24) is 10.2 Å². The molecule has 0 aromatic rings. The summed E-state index contributed by atoms with van der Waals surface area (Å²) >= 11 is 0. The maximum absolute atomic E-state index is 3.49. The highest BCUT2D eigenvalue weighted by atomic mass is 15.1. The molecule has 0 unspecified atom stereocenters. The second-order valence-corrected chi connectivity index (χ2v) is 6.27. The van der Waals surface area contributed by atoms with Crippen LogP contribution in [0.3, 0.4) is 0 Å². The number of nitrogens with one attached hydrogen (secondary N) is 1. The van der Waals surface area contributed by atoms with Crippen LogP contribution in [-0.2, 0) is 0 Å². The van der Waals surface area contributed by atoms with E-state index >= 15 is 0 Å². The van der Waals surface area contributed by atoms with E-state index in [-0.39, 0.29) is 0 Å². The Morgan fingerprint density at radius 1 is 1.06 bits per heavy atom. The maximum atomic E-state index is 3.49. The quantitative estimate of drug-likeness (QED) is 0.535. The van der Waals surface area contributed by atoms with Crippen molar-refractivity contribution in [2.75, 3.05) is 26.2 Å². The van der Waals surface area contributed by atoms with Crippen molar-refractivity contribution in [3.8, 4) is 0 Å². The third-order valence-electron chi connectivity index (χ3n) is 3.71. The summed E-state index contributed by atoms with van der Waals surface area (Å²) in [7, 11) is 0. The van der Waals surface area contributed by atoms with E-state index in [1.165, 1.54) is 71.1 Å². The van der Waals surface area contributed by atoms with Crippen LogP contribution in [0.4, 0.5) is 0 Å². The molecule has 1 aliphatic carbocycles. The summed E-state index contributed by atoms with van der Waals surface area (Å²) in [4.78, 5) is 2.70. The minimum absolute atomic E-state index is 0.642. The van der Waals surface area contributed by atoms with Crippen molar-refractivity contribution in [1.29, 1.82) is 0 Å². The molecular weight excluding hydrogens is 220 g/mol. The Kier molecular flexibility index (Phi) is 8.70. The molecule has 1 aliphatic rings. The molecule has 0 aromatic carbocycles. The maximum Gasteiger partial charge on any atom is 0.00103 e. The van der Waals surface area contributed by atoms with Gasteiger partial charge in [-0.15, -0.1) is 0 Å². The van der Waals surface area contributed by atoms with Crippen LogP contribution in [0.2, 0.25) is 0 Å². The van der Waals surface area contributed by atoms with Gasteiger partial charge in [-0.05, 0) is 57.7 Å². The molecule has 1 N–H and O–H groups in total. The van der Waals surface area contributed by atoms with E-state index in [1.807, 2.05) is 0 Å². The average molecular weight is 254 g/mol. The zero-order valence-electron chi connectivity index (χ0n) is 12.9. The summed E-state index contributed by atoms with van der Waals surface area (Å²) in [5.74, 6) is 1.05. The van der Waals surface area contributed by atoms with Crippen LogP contribution in [0, 0.1) is 5.92 Å². The molecule has 0 heterocycles. The first-order valence-corrected chi connectivity index (χ1v) is 8.18. The number of unbranched alkanes of at least 4 members (excludes halogenated alkanes) is 3. The monoisotopic (exact) mass is 254 g/mol. The molecule has 1 saturated carbocycles. The van der Waals surface area contributed by atoms with Crippen molar-refractivity contribution in [2.24, 2.45) is 5.92 Å². The smallest absolute Gasteiger partial charge is 0.00103 e. The van der Waals surface area contributed by atoms with Gasteiger partial charge in [-0.1, -0.05) is 33.6 Å². The normalized spacial score (nSPS) is 15.8. The minimum Gasteiger partial charge on any atom is -0.315 e. The number of hydrogen-bond acceptors (Lipinski definition) is 2. The zero-order chi connectivity index (χ0) is 13.2. The van der Waals surface area contributed by atoms with Gasteiger partial charge in [0, 0.05) is 12.6 Å². The molecule has 0 saturated heterocycles. The molecule has 0 bridgehead atoms. The first-order chi connectivity index (χ1) is 8.72. The Balaban J connectivity index is 1.90. The van der Waals surface area contributed by atoms with E-state index in [0.717, 1.165) is 5.92 Å². The molecule has 1 rings (SSSR count). The summed E-state index contributed by atoms with van der Waals surface area (Å²) in [6, 6.07) is 0.642. The van der Waals surface area contributed by atoms with E-state index in [2.05, 4.69) is 31.0 Å². The lowest BCUT2D eigenvalue weighted by Crippen LogP contribution is -2.28. The lowest BCUT2D eigenvalue weighted by Gasteiger charge is -2.21. The van der Waals surface area contributed by atoms with E-state index < -0.39 is 0 Å². The zero-order valence-corrected chi connectivity index (χ0v) is 12.9. The summed E-state index contributed by atoms with van der Waals surface area (Å²) in [6.07, 6.45) is 9.82. The Hall–Kier alpha value is -0.0800. The van der Waals surface area contributed by atoms with Crippen LogP contribution < -0.4 is 5.32 Å². The Bertz CT molecular complexity index is 188. The van der Waals surface area contributed by atoms with Gasteiger partial charge >= 0.3 is 0 Å². The van der Waals surface area contributed by atoms with Crippen molar-refractivity contribution in [2.45, 2.75) is 71.8 Å². The summed E-state index contributed by atoms with van der Waals surface area (Å²) in [5.41, 5.74) is 0. The fourth-order valence-electron chi connectivity index (χ4n) is 2.48. The van der Waals surface area contributed by atoms with Crippen molar-refractivity contribution >= 4 is 0 Å². The molecule has 0 atom stereocenters. The van der Waals surface area contributed by atoms with Crippen LogP contribution >= 0.6 is 0 Å². The second kappa shape index (κ2) is 9.80. The predicted molar refractivity (Wildman–Crippen MR) is 81.1 cm³/mol. The minimum atomic E-state index is 0.642. The van der Waals surface area contributed by atoms with Gasteiger partial charge in [-0.3, -0.25) is 0 Å². The van der Waals surface area contributed by atoms with Crippen LogP contribution in [0.25, 0.3) is 0 Å². The van der Waals surface area contributed by atoms with E-state index in [1.54, 1.807) is 0 Å². The Morgan fingerprint density at radius 2 is 1.78 bits per heavy atom. The number of hydrogen-bond donors (Lipinski definition) is 1. The van der Waals surface area contributed by atoms with Gasteiger partial charge in [0.1, 0.15) is 0 Å². The lowest BCUT2D eigenvalue weighted by atomic mass is 10.1. The Labute approximate surface area is 115 Å². The van der Waals surface area contributed by atoms with Gasteiger partial charge in [-0.25, -0.2) is 0 Å². The van der Waals surface area contributed by atoms with Crippen LogP contribution in [0.15, 0.2) is 0 Å². The molecule has 108 valence electrons. The highest BCUT2D eigenvalue weighted by molar-refractivity contribution is 4.77. The first kappa shape index (κ1) is 16.0. The van der Waals surface area contributed by atoms with E-state index in [9.17, 15) is 0 Å². The largest absolute Gasteiger partial charge is 0.315 e. The number of rotatable bonds is 12. The van der Waals surface area contributed by atoms with Crippen molar-refractivity contribution in [3.63, 3.8) is 0 Å². The van der Waals surface area contributed by atoms with Gasteiger partial charge in [-0.2, -0.15) is 0 Å². The molecule has 1 fully saturated rings. The summed E-state index contributed by atoms with van der Waals surface area (Å²) in [6.45, 7) is 12.0. The molecule has 0 aliphatic heterocycles. The van der Waals surface area contributed by atoms with Crippen LogP contribution in [-0.4, -0.2) is 37.1 Å². The third-order valence-corrected chi connectivity index (χ3v) is 3.71. The highest BCUT2D eigenvalue weighted by Crippen LogP contribution is 2.29. The van der Waals surface area contributed by atoms with Crippen molar-refractivity contribution in [3.05, 3.63) is 0 Å². The van der Waals surface area contributed by atoms with Crippen molar-refractivity contribution < 1.29 is 0 Å². The third kappa shape index (κ3) is 8.93. The topological polar surface area (TPSA) is 15.3 Å². The second-order valence-electron chi connectivity index (χ2n) is 6.27. The van der Waals surface area contributed by atoms with Gasteiger partial charge in [0.25, 0.3) is 0 Å².